The maximum absolute atomic E-state index is 12.7. The van der Waals surface area contributed by atoms with Crippen molar-refractivity contribution in [3.8, 4) is 0 Å². The molecule has 3 nitrogen and oxygen atoms in total. The Kier molecular flexibility index (Phi) is 4.16. The highest BCUT2D eigenvalue weighted by Gasteiger charge is 2.30. The number of benzene rings is 1. The SMILES string of the molecule is Cc1cc(C)nc(N[C@H](C)c2cccc(C(F)(F)F)c2)n1. The average molecular weight is 295 g/mol. The van der Waals surface area contributed by atoms with Crippen molar-refractivity contribution in [3.63, 3.8) is 0 Å². The smallest absolute Gasteiger partial charge is 0.348 e. The standard InChI is InChI=1S/C15H16F3N3/c1-9-7-10(2)20-14(19-9)21-11(3)12-5-4-6-13(8-12)15(16,17)18/h4-8,11H,1-3H3,(H,19,20,21)/t11-/m1/s1. The first-order valence-corrected chi connectivity index (χ1v) is 6.51. The van der Waals surface area contributed by atoms with Crippen molar-refractivity contribution >= 4 is 5.95 Å². The molecule has 0 spiro atoms. The normalized spacial score (nSPS) is 13.0. The van der Waals surface area contributed by atoms with Crippen LogP contribution in [0.4, 0.5) is 19.1 Å². The fourth-order valence-electron chi connectivity index (χ4n) is 2.05. The molecule has 1 aromatic heterocycles. The Bertz CT molecular complexity index is 618. The van der Waals surface area contributed by atoms with Gasteiger partial charge < -0.3 is 5.32 Å². The van der Waals surface area contributed by atoms with E-state index in [1.807, 2.05) is 19.9 Å². The van der Waals surface area contributed by atoms with Gasteiger partial charge in [-0.25, -0.2) is 9.97 Å². The molecule has 0 aliphatic rings. The highest BCUT2D eigenvalue weighted by molar-refractivity contribution is 5.35. The van der Waals surface area contributed by atoms with Crippen molar-refractivity contribution in [3.05, 3.63) is 52.8 Å². The first-order chi connectivity index (χ1) is 9.75. The third-order valence-corrected chi connectivity index (χ3v) is 3.04. The van der Waals surface area contributed by atoms with Crippen LogP contribution < -0.4 is 5.32 Å². The molecule has 1 heterocycles. The molecule has 0 aliphatic heterocycles. The maximum Gasteiger partial charge on any atom is 0.416 e. The Balaban J connectivity index is 2.22. The Morgan fingerprint density at radius 1 is 1.05 bits per heavy atom. The van der Waals surface area contributed by atoms with Gasteiger partial charge in [0, 0.05) is 11.4 Å². The molecular formula is C15H16F3N3. The minimum Gasteiger partial charge on any atom is -0.348 e. The largest absolute Gasteiger partial charge is 0.416 e. The maximum atomic E-state index is 12.7. The summed E-state index contributed by atoms with van der Waals surface area (Å²) in [6.45, 7) is 5.46. The Morgan fingerprint density at radius 2 is 1.67 bits per heavy atom. The molecule has 2 rings (SSSR count). The van der Waals surface area contributed by atoms with Crippen LogP contribution in [-0.4, -0.2) is 9.97 Å². The molecule has 21 heavy (non-hydrogen) atoms. The molecule has 0 unspecified atom stereocenters. The Labute approximate surface area is 121 Å². The number of alkyl halides is 3. The topological polar surface area (TPSA) is 37.8 Å². The van der Waals surface area contributed by atoms with Crippen LogP contribution in [0.5, 0.6) is 0 Å². The van der Waals surface area contributed by atoms with E-state index in [2.05, 4.69) is 15.3 Å². The van der Waals surface area contributed by atoms with Gasteiger partial charge in [0.2, 0.25) is 5.95 Å². The quantitative estimate of drug-likeness (QED) is 0.918. The number of hydrogen-bond acceptors (Lipinski definition) is 3. The zero-order valence-electron chi connectivity index (χ0n) is 12.0. The summed E-state index contributed by atoms with van der Waals surface area (Å²) in [6, 6.07) is 6.76. The van der Waals surface area contributed by atoms with Crippen LogP contribution in [0, 0.1) is 13.8 Å². The molecule has 1 N–H and O–H groups in total. The number of anilines is 1. The number of aryl methyl sites for hydroxylation is 2. The van der Waals surface area contributed by atoms with Gasteiger partial charge in [-0.3, -0.25) is 0 Å². The lowest BCUT2D eigenvalue weighted by Crippen LogP contribution is -2.12. The summed E-state index contributed by atoms with van der Waals surface area (Å²) in [6.07, 6.45) is -4.34. The van der Waals surface area contributed by atoms with E-state index in [1.54, 1.807) is 13.0 Å². The lowest BCUT2D eigenvalue weighted by molar-refractivity contribution is -0.137. The highest BCUT2D eigenvalue weighted by atomic mass is 19.4. The molecule has 0 saturated heterocycles. The van der Waals surface area contributed by atoms with Crippen LogP contribution in [0.2, 0.25) is 0 Å². The van der Waals surface area contributed by atoms with Crippen LogP contribution in [0.25, 0.3) is 0 Å². The van der Waals surface area contributed by atoms with Gasteiger partial charge in [-0.15, -0.1) is 0 Å². The van der Waals surface area contributed by atoms with Gasteiger partial charge in [0.15, 0.2) is 0 Å². The van der Waals surface area contributed by atoms with E-state index in [9.17, 15) is 13.2 Å². The van der Waals surface area contributed by atoms with E-state index < -0.39 is 11.7 Å². The molecule has 112 valence electrons. The molecular weight excluding hydrogens is 279 g/mol. The molecule has 2 aromatic rings. The predicted octanol–water partition coefficient (Wildman–Crippen LogP) is 4.29. The van der Waals surface area contributed by atoms with E-state index in [0.717, 1.165) is 23.5 Å². The molecule has 0 aliphatic carbocycles. The van der Waals surface area contributed by atoms with Gasteiger partial charge >= 0.3 is 6.18 Å². The van der Waals surface area contributed by atoms with E-state index in [1.165, 1.54) is 6.07 Å². The Hall–Kier alpha value is -2.11. The predicted molar refractivity (Wildman–Crippen MR) is 75.0 cm³/mol. The number of rotatable bonds is 3. The molecule has 0 radical (unpaired) electrons. The van der Waals surface area contributed by atoms with Crippen LogP contribution in [-0.2, 0) is 6.18 Å². The van der Waals surface area contributed by atoms with Crippen LogP contribution in [0.1, 0.15) is 35.5 Å². The first-order valence-electron chi connectivity index (χ1n) is 6.51. The number of nitrogens with zero attached hydrogens (tertiary/aromatic N) is 2. The minimum absolute atomic E-state index is 0.325. The van der Waals surface area contributed by atoms with E-state index >= 15 is 0 Å². The van der Waals surface area contributed by atoms with Crippen molar-refractivity contribution in [1.29, 1.82) is 0 Å². The lowest BCUT2D eigenvalue weighted by atomic mass is 10.1. The van der Waals surface area contributed by atoms with E-state index in [4.69, 9.17) is 0 Å². The number of nitrogens with one attached hydrogen (secondary N) is 1. The van der Waals surface area contributed by atoms with Crippen molar-refractivity contribution < 1.29 is 13.2 Å². The summed E-state index contributed by atoms with van der Waals surface area (Å²) in [5.41, 5.74) is 1.49. The third kappa shape index (κ3) is 3.93. The second-order valence-electron chi connectivity index (χ2n) is 4.96. The first kappa shape index (κ1) is 15.3. The van der Waals surface area contributed by atoms with Crippen molar-refractivity contribution in [2.45, 2.75) is 33.0 Å². The summed E-state index contributed by atoms with van der Waals surface area (Å²) in [7, 11) is 0. The third-order valence-electron chi connectivity index (χ3n) is 3.04. The molecule has 0 saturated carbocycles. The summed E-state index contributed by atoms with van der Waals surface area (Å²) >= 11 is 0. The number of halogens is 3. The molecule has 0 amide bonds. The molecule has 0 fully saturated rings. The fraction of sp³-hybridized carbons (Fsp3) is 0.333. The second-order valence-corrected chi connectivity index (χ2v) is 4.96. The van der Waals surface area contributed by atoms with Gasteiger partial charge in [0.25, 0.3) is 0 Å². The zero-order valence-corrected chi connectivity index (χ0v) is 12.0. The highest BCUT2D eigenvalue weighted by Crippen LogP contribution is 2.31. The molecule has 6 heteroatoms. The summed E-state index contributed by atoms with van der Waals surface area (Å²) in [4.78, 5) is 8.45. The minimum atomic E-state index is -4.34. The van der Waals surface area contributed by atoms with Gasteiger partial charge in [-0.2, -0.15) is 13.2 Å². The molecule has 1 atom stereocenters. The van der Waals surface area contributed by atoms with Gasteiger partial charge in [-0.1, -0.05) is 12.1 Å². The van der Waals surface area contributed by atoms with Crippen molar-refractivity contribution in [1.82, 2.24) is 9.97 Å². The molecule has 0 bridgehead atoms. The van der Waals surface area contributed by atoms with Crippen molar-refractivity contribution in [2.75, 3.05) is 5.32 Å². The molecule has 1 aromatic carbocycles. The lowest BCUT2D eigenvalue weighted by Gasteiger charge is -2.16. The Morgan fingerprint density at radius 3 is 2.24 bits per heavy atom. The van der Waals surface area contributed by atoms with Gasteiger partial charge in [-0.05, 0) is 44.5 Å². The monoisotopic (exact) mass is 295 g/mol. The fourth-order valence-corrected chi connectivity index (χ4v) is 2.05. The zero-order chi connectivity index (χ0) is 15.6. The second kappa shape index (κ2) is 5.71. The summed E-state index contributed by atoms with van der Waals surface area (Å²) in [5, 5.41) is 3.03. The van der Waals surface area contributed by atoms with E-state index in [0.29, 0.717) is 11.5 Å². The average Bonchev–Trinajstić information content (AvgIpc) is 2.36. The summed E-state index contributed by atoms with van der Waals surface area (Å²) < 4.78 is 38.2. The van der Waals surface area contributed by atoms with Gasteiger partial charge in [0.1, 0.15) is 0 Å². The van der Waals surface area contributed by atoms with E-state index in [-0.39, 0.29) is 6.04 Å². The number of hydrogen-bond donors (Lipinski definition) is 1. The van der Waals surface area contributed by atoms with Crippen LogP contribution in [0.15, 0.2) is 30.3 Å². The van der Waals surface area contributed by atoms with Crippen LogP contribution in [0.3, 0.4) is 0 Å². The van der Waals surface area contributed by atoms with Crippen molar-refractivity contribution in [2.24, 2.45) is 0 Å². The number of aromatic nitrogens is 2. The van der Waals surface area contributed by atoms with Gasteiger partial charge in [0.05, 0.1) is 11.6 Å². The van der Waals surface area contributed by atoms with Crippen LogP contribution >= 0.6 is 0 Å². The summed E-state index contributed by atoms with van der Waals surface area (Å²) in [5.74, 6) is 0.414.